The van der Waals surface area contributed by atoms with Crippen LogP contribution in [0.3, 0.4) is 0 Å². The highest BCUT2D eigenvalue weighted by Gasteiger charge is 2.63. The van der Waals surface area contributed by atoms with Crippen LogP contribution in [0, 0.1) is 21.4 Å². The summed E-state index contributed by atoms with van der Waals surface area (Å²) in [5, 5.41) is 46.0. The van der Waals surface area contributed by atoms with Crippen molar-refractivity contribution in [3.8, 4) is 0 Å². The zero-order valence-corrected chi connectivity index (χ0v) is 19.9. The van der Waals surface area contributed by atoms with E-state index >= 15 is 0 Å². The fraction of sp³-hybridized carbons (Fsp3) is 0.440. The molecule has 188 valence electrons. The molecule has 0 aliphatic carbocycles. The predicted octanol–water partition coefficient (Wildman–Crippen LogP) is 2.67. The predicted molar refractivity (Wildman–Crippen MR) is 128 cm³/mol. The molecule has 1 aliphatic heterocycles. The number of hydrogen-bond donors (Lipinski definition) is 4. The normalized spacial score (nSPS) is 28.5. The van der Waals surface area contributed by atoms with E-state index in [4.69, 9.17) is 0 Å². The van der Waals surface area contributed by atoms with E-state index in [0.717, 1.165) is 5.56 Å². The highest BCUT2D eigenvalue weighted by Crippen LogP contribution is 2.53. The molecule has 3 rings (SSSR count). The number of rotatable bonds is 9. The Hall–Kier alpha value is -3.34. The molecular formula is C25H31N3O7. The van der Waals surface area contributed by atoms with Gasteiger partial charge in [0.05, 0.1) is 10.3 Å². The van der Waals surface area contributed by atoms with Crippen molar-refractivity contribution in [2.75, 3.05) is 13.6 Å². The number of nitro groups is 1. The first kappa shape index (κ1) is 26.3. The zero-order valence-electron chi connectivity index (χ0n) is 19.9. The maximum atomic E-state index is 13.0. The van der Waals surface area contributed by atoms with E-state index in [0.29, 0.717) is 13.1 Å². The molecule has 0 aromatic heterocycles. The van der Waals surface area contributed by atoms with Crippen LogP contribution < -0.4 is 5.32 Å². The van der Waals surface area contributed by atoms with Gasteiger partial charge in [-0.05, 0) is 45.0 Å². The third kappa shape index (κ3) is 5.19. The second kappa shape index (κ2) is 10.1. The second-order valence-electron chi connectivity index (χ2n) is 9.48. The fourth-order valence-corrected chi connectivity index (χ4v) is 5.40. The van der Waals surface area contributed by atoms with Crippen LogP contribution in [-0.4, -0.2) is 62.4 Å². The Morgan fingerprint density at radius 3 is 2.37 bits per heavy atom. The number of hydrogen-bond acceptors (Lipinski definition) is 7. The topological polar surface area (TPSA) is 153 Å². The summed E-state index contributed by atoms with van der Waals surface area (Å²) >= 11 is 0. The summed E-state index contributed by atoms with van der Waals surface area (Å²) in [6.45, 7) is 3.76. The zero-order chi connectivity index (χ0) is 26.0. The van der Waals surface area contributed by atoms with Gasteiger partial charge in [-0.25, -0.2) is 0 Å². The van der Waals surface area contributed by atoms with Gasteiger partial charge in [0, 0.05) is 30.6 Å². The molecule has 1 saturated heterocycles. The number of aliphatic hydroxyl groups is 1. The van der Waals surface area contributed by atoms with E-state index in [2.05, 4.69) is 5.32 Å². The van der Waals surface area contributed by atoms with Crippen molar-refractivity contribution < 1.29 is 29.8 Å². The van der Waals surface area contributed by atoms with Crippen molar-refractivity contribution >= 4 is 17.6 Å². The molecule has 0 radical (unpaired) electrons. The van der Waals surface area contributed by atoms with Gasteiger partial charge in [0.2, 0.25) is 0 Å². The van der Waals surface area contributed by atoms with Gasteiger partial charge in [-0.1, -0.05) is 42.5 Å². The first-order valence-corrected chi connectivity index (χ1v) is 11.3. The molecule has 2 aromatic carbocycles. The molecule has 0 saturated carbocycles. The minimum absolute atomic E-state index is 0.0487. The number of carboxylic acid groups (broad SMARTS) is 2. The number of nitro benzene ring substituents is 1. The lowest BCUT2D eigenvalue weighted by molar-refractivity contribution is -0.385. The molecule has 2 aromatic rings. The maximum Gasteiger partial charge on any atom is 0.311 e. The van der Waals surface area contributed by atoms with Gasteiger partial charge in [0.25, 0.3) is 5.69 Å². The van der Waals surface area contributed by atoms with Crippen LogP contribution in [0.5, 0.6) is 0 Å². The van der Waals surface area contributed by atoms with Gasteiger partial charge in [0.1, 0.15) is 11.6 Å². The van der Waals surface area contributed by atoms with Crippen LogP contribution in [0.25, 0.3) is 0 Å². The molecule has 0 spiro atoms. The molecule has 5 unspecified atom stereocenters. The minimum Gasteiger partial charge on any atom is -0.481 e. The summed E-state index contributed by atoms with van der Waals surface area (Å²) in [6, 6.07) is 14.2. The van der Waals surface area contributed by atoms with Gasteiger partial charge < -0.3 is 20.2 Å². The molecule has 1 heterocycles. The molecule has 1 aliphatic rings. The van der Waals surface area contributed by atoms with Crippen LogP contribution in [0.2, 0.25) is 0 Å². The van der Waals surface area contributed by atoms with Crippen molar-refractivity contribution in [1.82, 2.24) is 10.2 Å². The van der Waals surface area contributed by atoms with E-state index in [1.54, 1.807) is 6.92 Å². The Kier molecular flexibility index (Phi) is 7.59. The summed E-state index contributed by atoms with van der Waals surface area (Å²) in [4.78, 5) is 38.2. The summed E-state index contributed by atoms with van der Waals surface area (Å²) < 4.78 is 0. The van der Waals surface area contributed by atoms with Crippen LogP contribution in [0.1, 0.15) is 37.3 Å². The smallest absolute Gasteiger partial charge is 0.311 e. The fourth-order valence-electron chi connectivity index (χ4n) is 5.40. The molecule has 0 amide bonds. The van der Waals surface area contributed by atoms with Crippen molar-refractivity contribution in [3.05, 3.63) is 75.8 Å². The second-order valence-corrected chi connectivity index (χ2v) is 9.48. The number of nitrogens with zero attached hydrogens (tertiary/aromatic N) is 2. The minimum atomic E-state index is -1.95. The Labute approximate surface area is 203 Å². The highest BCUT2D eigenvalue weighted by molar-refractivity contribution is 5.82. The highest BCUT2D eigenvalue weighted by atomic mass is 16.6. The van der Waals surface area contributed by atoms with E-state index in [-0.39, 0.29) is 17.7 Å². The van der Waals surface area contributed by atoms with Gasteiger partial charge in [-0.2, -0.15) is 0 Å². The lowest BCUT2D eigenvalue weighted by Crippen LogP contribution is -2.70. The first-order valence-electron chi connectivity index (χ1n) is 11.3. The molecule has 35 heavy (non-hydrogen) atoms. The van der Waals surface area contributed by atoms with E-state index < -0.39 is 45.9 Å². The Morgan fingerprint density at radius 2 is 1.80 bits per heavy atom. The van der Waals surface area contributed by atoms with Crippen LogP contribution in [0.4, 0.5) is 5.69 Å². The van der Waals surface area contributed by atoms with E-state index in [9.17, 15) is 35.0 Å². The molecule has 4 N–H and O–H groups in total. The van der Waals surface area contributed by atoms with Gasteiger partial charge in [-0.3, -0.25) is 25.0 Å². The van der Waals surface area contributed by atoms with Crippen molar-refractivity contribution in [2.45, 2.75) is 44.5 Å². The average Bonchev–Trinajstić information content (AvgIpc) is 2.77. The SMILES string of the molecule is CC1NC(C)(O)C(C(=O)O)C(c2cccc([N+](=O)[O-])c2)C1(CCN(C)Cc1ccccc1)C(=O)O. The average molecular weight is 486 g/mol. The number of carbonyl (C=O) groups is 2. The quantitative estimate of drug-likeness (QED) is 0.310. The summed E-state index contributed by atoms with van der Waals surface area (Å²) in [7, 11) is 1.84. The summed E-state index contributed by atoms with van der Waals surface area (Å²) in [6.07, 6.45) is 0.0487. The largest absolute Gasteiger partial charge is 0.481 e. The molecule has 10 nitrogen and oxygen atoms in total. The number of non-ortho nitro benzene ring substituents is 1. The molecule has 0 bridgehead atoms. The maximum absolute atomic E-state index is 13.0. The Balaban J connectivity index is 2.09. The van der Waals surface area contributed by atoms with Crippen LogP contribution >= 0.6 is 0 Å². The summed E-state index contributed by atoms with van der Waals surface area (Å²) in [5.41, 5.74) is -2.68. The van der Waals surface area contributed by atoms with Crippen molar-refractivity contribution in [3.63, 3.8) is 0 Å². The van der Waals surface area contributed by atoms with E-state index in [1.807, 2.05) is 42.3 Å². The lowest BCUT2D eigenvalue weighted by atomic mass is 9.56. The number of aliphatic carboxylic acids is 2. The lowest BCUT2D eigenvalue weighted by Gasteiger charge is -2.54. The molecule has 1 fully saturated rings. The van der Waals surface area contributed by atoms with Gasteiger partial charge in [-0.15, -0.1) is 0 Å². The van der Waals surface area contributed by atoms with Crippen LogP contribution in [-0.2, 0) is 16.1 Å². The third-order valence-electron chi connectivity index (χ3n) is 7.08. The van der Waals surface area contributed by atoms with Gasteiger partial charge in [0.15, 0.2) is 0 Å². The number of nitrogens with one attached hydrogen (secondary N) is 1. The van der Waals surface area contributed by atoms with Crippen LogP contribution in [0.15, 0.2) is 54.6 Å². The molecule has 10 heteroatoms. The molecule has 5 atom stereocenters. The Bertz CT molecular complexity index is 1090. The monoisotopic (exact) mass is 485 g/mol. The van der Waals surface area contributed by atoms with Crippen molar-refractivity contribution in [2.24, 2.45) is 11.3 Å². The molecular weight excluding hydrogens is 454 g/mol. The third-order valence-corrected chi connectivity index (χ3v) is 7.08. The van der Waals surface area contributed by atoms with Crippen molar-refractivity contribution in [1.29, 1.82) is 0 Å². The van der Waals surface area contributed by atoms with E-state index in [1.165, 1.54) is 31.2 Å². The number of piperidine rings is 1. The first-order chi connectivity index (χ1) is 16.4. The van der Waals surface area contributed by atoms with Gasteiger partial charge >= 0.3 is 11.9 Å². The number of carboxylic acids is 2. The Morgan fingerprint density at radius 1 is 1.14 bits per heavy atom. The standard InChI is InChI=1S/C25H31N3O7/c1-16-25(23(31)32,12-13-27(3)15-17-8-5-4-6-9-17)20(21(22(29)30)24(2,33)26-16)18-10-7-11-19(14-18)28(34)35/h4-11,14,16,20-21,26,33H,12-13,15H2,1-3H3,(H,29,30)(H,31,32). The summed E-state index contributed by atoms with van der Waals surface area (Å²) in [5.74, 6) is -5.44. The number of benzene rings is 2.